The van der Waals surface area contributed by atoms with Gasteiger partial charge in [-0.1, -0.05) is 61.0 Å². The van der Waals surface area contributed by atoms with E-state index < -0.39 is 23.8 Å². The third-order valence-corrected chi connectivity index (χ3v) is 6.36. The van der Waals surface area contributed by atoms with Gasteiger partial charge in [0.2, 0.25) is 0 Å². The molecule has 7 heteroatoms. The molecule has 0 saturated carbocycles. The maximum atomic E-state index is 11.9. The Bertz CT molecular complexity index is 1390. The first-order chi connectivity index (χ1) is 16.7. The van der Waals surface area contributed by atoms with Crippen LogP contribution in [0.4, 0.5) is 0 Å². The van der Waals surface area contributed by atoms with Gasteiger partial charge in [-0.25, -0.2) is 9.97 Å². The Labute approximate surface area is 204 Å². The van der Waals surface area contributed by atoms with E-state index in [2.05, 4.69) is 11.5 Å². The molecule has 4 aromatic rings. The van der Waals surface area contributed by atoms with E-state index in [1.54, 1.807) is 6.07 Å². The van der Waals surface area contributed by atoms with Crippen LogP contribution in [0.1, 0.15) is 52.2 Å². The zero-order valence-corrected chi connectivity index (χ0v) is 20.3. The zero-order chi connectivity index (χ0) is 25.3. The summed E-state index contributed by atoms with van der Waals surface area (Å²) >= 11 is 0. The second-order valence-corrected chi connectivity index (χ2v) is 9.01. The van der Waals surface area contributed by atoms with Gasteiger partial charge in [0.25, 0.3) is 0 Å². The van der Waals surface area contributed by atoms with Crippen molar-refractivity contribution >= 4 is 23.1 Å². The molecule has 0 aliphatic carbocycles. The monoisotopic (exact) mass is 471 g/mol. The van der Waals surface area contributed by atoms with Crippen molar-refractivity contribution in [3.05, 3.63) is 93.9 Å². The molecule has 0 bridgehead atoms. The zero-order valence-electron chi connectivity index (χ0n) is 20.3. The lowest BCUT2D eigenvalue weighted by molar-refractivity contribution is -0.155. The highest BCUT2D eigenvalue weighted by atomic mass is 16.4. The molecule has 0 amide bonds. The van der Waals surface area contributed by atoms with Crippen LogP contribution in [0.2, 0.25) is 0 Å². The number of carbonyl (C=O) groups is 2. The molecule has 4 rings (SSSR count). The number of carboxylic acid groups (broad SMARTS) is 2. The fourth-order valence-corrected chi connectivity index (χ4v) is 4.73. The third kappa shape index (κ3) is 4.80. The molecular formula is C28H29N3O4. The number of aryl methyl sites for hydroxylation is 4. The Hall–Kier alpha value is -4.00. The van der Waals surface area contributed by atoms with Crippen molar-refractivity contribution in [2.24, 2.45) is 5.92 Å². The van der Waals surface area contributed by atoms with Crippen LogP contribution in [-0.4, -0.2) is 36.7 Å². The second-order valence-electron chi connectivity index (χ2n) is 9.01. The Morgan fingerprint density at radius 2 is 1.60 bits per heavy atom. The van der Waals surface area contributed by atoms with E-state index in [0.29, 0.717) is 17.7 Å². The van der Waals surface area contributed by atoms with E-state index in [9.17, 15) is 19.8 Å². The van der Waals surface area contributed by atoms with E-state index in [4.69, 9.17) is 9.97 Å². The Kier molecular flexibility index (Phi) is 6.69. The normalized spacial score (nSPS) is 12.3. The number of hydrogen-bond acceptors (Lipinski definition) is 4. The van der Waals surface area contributed by atoms with Crippen molar-refractivity contribution in [2.45, 2.75) is 46.6 Å². The summed E-state index contributed by atoms with van der Waals surface area (Å²) < 4.78 is 2.11. The largest absolute Gasteiger partial charge is 0.481 e. The van der Waals surface area contributed by atoms with Gasteiger partial charge in [0.1, 0.15) is 11.3 Å². The summed E-state index contributed by atoms with van der Waals surface area (Å²) in [6.07, 6.45) is 0.765. The average Bonchev–Trinajstić information content (AvgIpc) is 3.15. The molecular weight excluding hydrogens is 442 g/mol. The number of imidazole rings is 1. The molecule has 2 aromatic heterocycles. The first-order valence-corrected chi connectivity index (χ1v) is 11.6. The van der Waals surface area contributed by atoms with Crippen LogP contribution in [-0.2, 0) is 22.6 Å². The minimum absolute atomic E-state index is 0.562. The summed E-state index contributed by atoms with van der Waals surface area (Å²) in [5, 5.41) is 19.5. The number of aromatic nitrogens is 3. The van der Waals surface area contributed by atoms with Crippen LogP contribution in [0.3, 0.4) is 0 Å². The molecule has 180 valence electrons. The lowest BCUT2D eigenvalue weighted by Crippen LogP contribution is -2.30. The highest BCUT2D eigenvalue weighted by Crippen LogP contribution is 2.34. The Morgan fingerprint density at radius 1 is 0.914 bits per heavy atom. The van der Waals surface area contributed by atoms with E-state index in [1.807, 2.05) is 69.3 Å². The predicted octanol–water partition coefficient (Wildman–Crippen LogP) is 4.88. The molecule has 0 spiro atoms. The smallest absolute Gasteiger partial charge is 0.318 e. The molecule has 1 atom stereocenters. The minimum atomic E-state index is -1.60. The van der Waals surface area contributed by atoms with Crippen molar-refractivity contribution in [1.29, 1.82) is 0 Å². The number of fused-ring (bicyclic) bond motifs is 1. The molecule has 2 aromatic carbocycles. The van der Waals surface area contributed by atoms with Crippen LogP contribution in [0.5, 0.6) is 0 Å². The fraction of sp³-hybridized carbons (Fsp3) is 0.286. The molecule has 0 aliphatic rings. The Morgan fingerprint density at radius 3 is 2.20 bits per heavy atom. The van der Waals surface area contributed by atoms with Crippen LogP contribution in [0, 0.1) is 26.7 Å². The molecule has 0 fully saturated rings. The molecule has 0 saturated heterocycles. The molecule has 35 heavy (non-hydrogen) atoms. The number of benzene rings is 2. The van der Waals surface area contributed by atoms with Crippen molar-refractivity contribution in [1.82, 2.24) is 14.5 Å². The van der Waals surface area contributed by atoms with E-state index in [1.165, 1.54) is 0 Å². The van der Waals surface area contributed by atoms with E-state index in [0.717, 1.165) is 45.8 Å². The molecule has 0 radical (unpaired) electrons. The summed E-state index contributed by atoms with van der Waals surface area (Å²) in [6, 6.07) is 16.9. The number of pyridine rings is 1. The first-order valence-electron chi connectivity index (χ1n) is 11.6. The van der Waals surface area contributed by atoms with Gasteiger partial charge in [-0.2, -0.15) is 0 Å². The van der Waals surface area contributed by atoms with E-state index >= 15 is 0 Å². The van der Waals surface area contributed by atoms with Crippen molar-refractivity contribution in [3.8, 4) is 0 Å². The Balaban J connectivity index is 1.74. The van der Waals surface area contributed by atoms with Gasteiger partial charge < -0.3 is 14.8 Å². The fourth-order valence-electron chi connectivity index (χ4n) is 4.73. The van der Waals surface area contributed by atoms with Crippen LogP contribution in [0.15, 0.2) is 54.6 Å². The van der Waals surface area contributed by atoms with Gasteiger partial charge in [-0.05, 0) is 49.1 Å². The van der Waals surface area contributed by atoms with Gasteiger partial charge in [-0.3, -0.25) is 9.59 Å². The second kappa shape index (κ2) is 9.70. The number of carboxylic acids is 2. The van der Waals surface area contributed by atoms with Crippen molar-refractivity contribution < 1.29 is 19.8 Å². The number of hydrogen-bond donors (Lipinski definition) is 2. The highest BCUT2D eigenvalue weighted by Gasteiger charge is 2.37. The number of aliphatic carboxylic acids is 2. The summed E-state index contributed by atoms with van der Waals surface area (Å²) in [6.45, 7) is 8.53. The lowest BCUT2D eigenvalue weighted by atomic mass is 9.80. The van der Waals surface area contributed by atoms with E-state index in [-0.39, 0.29) is 0 Å². The van der Waals surface area contributed by atoms with Crippen molar-refractivity contribution in [3.63, 3.8) is 0 Å². The summed E-state index contributed by atoms with van der Waals surface area (Å²) in [7, 11) is 0. The number of nitrogens with zero attached hydrogens (tertiary/aromatic N) is 3. The third-order valence-electron chi connectivity index (χ3n) is 6.36. The van der Waals surface area contributed by atoms with Gasteiger partial charge in [0.15, 0.2) is 11.6 Å². The van der Waals surface area contributed by atoms with Gasteiger partial charge in [-0.15, -0.1) is 0 Å². The molecule has 2 N–H and O–H groups in total. The maximum absolute atomic E-state index is 11.9. The van der Waals surface area contributed by atoms with Gasteiger partial charge in [0.05, 0.1) is 6.54 Å². The number of rotatable bonds is 8. The molecule has 1 unspecified atom stereocenters. The van der Waals surface area contributed by atoms with Crippen LogP contribution < -0.4 is 0 Å². The lowest BCUT2D eigenvalue weighted by Gasteiger charge is -2.23. The SMILES string of the molecule is CCc1nc2c(C)cc(C)nc2n1Cc1ccc(C(c2cccc(C)c2)C(C(=O)O)C(=O)O)cc1. The molecule has 7 nitrogen and oxygen atoms in total. The average molecular weight is 472 g/mol. The van der Waals surface area contributed by atoms with Crippen LogP contribution >= 0.6 is 0 Å². The minimum Gasteiger partial charge on any atom is -0.481 e. The van der Waals surface area contributed by atoms with Gasteiger partial charge >= 0.3 is 11.9 Å². The standard InChI is InChI=1S/C28H29N3O4/c1-5-22-30-25-17(3)14-18(4)29-26(25)31(22)15-19-9-11-20(12-10-19)23(24(27(32)33)28(34)35)21-8-6-7-16(2)13-21/h6-14,23-24H,5,15H2,1-4H3,(H,32,33)(H,34,35). The van der Waals surface area contributed by atoms with Crippen LogP contribution in [0.25, 0.3) is 11.2 Å². The highest BCUT2D eigenvalue weighted by molar-refractivity contribution is 5.94. The molecule has 2 heterocycles. The summed E-state index contributed by atoms with van der Waals surface area (Å²) in [5.74, 6) is -4.18. The quantitative estimate of drug-likeness (QED) is 0.355. The van der Waals surface area contributed by atoms with Gasteiger partial charge in [0, 0.05) is 18.0 Å². The topological polar surface area (TPSA) is 105 Å². The predicted molar refractivity (Wildman–Crippen MR) is 134 cm³/mol. The summed E-state index contributed by atoms with van der Waals surface area (Å²) in [4.78, 5) is 33.4. The summed E-state index contributed by atoms with van der Waals surface area (Å²) in [5.41, 5.74) is 7.01. The first kappa shape index (κ1) is 24.1. The maximum Gasteiger partial charge on any atom is 0.318 e. The molecule has 0 aliphatic heterocycles. The van der Waals surface area contributed by atoms with Crippen molar-refractivity contribution in [2.75, 3.05) is 0 Å².